The lowest BCUT2D eigenvalue weighted by atomic mass is 9.90. The first kappa shape index (κ1) is 14.0. The quantitative estimate of drug-likeness (QED) is 0.746. The monoisotopic (exact) mass is 268 g/mol. The van der Waals surface area contributed by atoms with Crippen molar-refractivity contribution in [1.82, 2.24) is 9.80 Å². The van der Waals surface area contributed by atoms with Gasteiger partial charge in [-0.3, -0.25) is 24.2 Å². The summed E-state index contributed by atoms with van der Waals surface area (Å²) < 4.78 is 0. The van der Waals surface area contributed by atoms with E-state index in [0.29, 0.717) is 19.5 Å². The molecule has 6 heteroatoms. The van der Waals surface area contributed by atoms with E-state index in [1.54, 1.807) is 6.92 Å². The first-order valence-corrected chi connectivity index (χ1v) is 6.59. The third-order valence-corrected chi connectivity index (χ3v) is 4.14. The summed E-state index contributed by atoms with van der Waals surface area (Å²) >= 11 is 0. The van der Waals surface area contributed by atoms with Crippen molar-refractivity contribution >= 4 is 17.8 Å². The van der Waals surface area contributed by atoms with Crippen LogP contribution < -0.4 is 0 Å². The van der Waals surface area contributed by atoms with E-state index in [1.165, 1.54) is 4.90 Å². The normalized spacial score (nSPS) is 32.6. The van der Waals surface area contributed by atoms with Gasteiger partial charge in [0.1, 0.15) is 0 Å². The van der Waals surface area contributed by atoms with Gasteiger partial charge in [0.25, 0.3) is 0 Å². The van der Waals surface area contributed by atoms with Crippen LogP contribution in [0.5, 0.6) is 0 Å². The second kappa shape index (κ2) is 4.59. The maximum Gasteiger partial charge on any atom is 0.310 e. The van der Waals surface area contributed by atoms with Crippen LogP contribution >= 0.6 is 0 Å². The molecule has 0 aromatic heterocycles. The molecule has 2 rings (SSSR count). The molecule has 2 atom stereocenters. The Morgan fingerprint density at radius 1 is 1.42 bits per heavy atom. The molecule has 0 aromatic rings. The number of hydrogen-bond acceptors (Lipinski definition) is 4. The van der Waals surface area contributed by atoms with Gasteiger partial charge in [0.15, 0.2) is 0 Å². The highest BCUT2D eigenvalue weighted by molar-refractivity contribution is 6.05. The molecule has 0 spiro atoms. The number of nitrogens with zero attached hydrogens (tertiary/aromatic N) is 2. The van der Waals surface area contributed by atoms with E-state index < -0.39 is 17.4 Å². The molecule has 0 radical (unpaired) electrons. The molecule has 0 aliphatic carbocycles. The van der Waals surface area contributed by atoms with Crippen LogP contribution in [0.15, 0.2) is 0 Å². The second-order valence-corrected chi connectivity index (χ2v) is 6.00. The molecule has 2 saturated heterocycles. The number of likely N-dealkylation sites (tertiary alicyclic amines) is 2. The third-order valence-electron chi connectivity index (χ3n) is 4.14. The van der Waals surface area contributed by atoms with Gasteiger partial charge in [0.2, 0.25) is 11.8 Å². The number of rotatable bonds is 3. The largest absolute Gasteiger partial charge is 0.481 e. The van der Waals surface area contributed by atoms with Gasteiger partial charge in [-0.25, -0.2) is 0 Å². The maximum absolute atomic E-state index is 12.2. The fourth-order valence-electron chi connectivity index (χ4n) is 2.90. The number of hydrogen-bond donors (Lipinski definition) is 1. The molecule has 2 unspecified atom stereocenters. The van der Waals surface area contributed by atoms with Crippen molar-refractivity contribution in [2.45, 2.75) is 45.7 Å². The van der Waals surface area contributed by atoms with E-state index in [2.05, 4.69) is 0 Å². The molecule has 2 aliphatic heterocycles. The minimum absolute atomic E-state index is 0.140. The number of carboxylic acids is 1. The highest BCUT2D eigenvalue weighted by atomic mass is 16.4. The van der Waals surface area contributed by atoms with Gasteiger partial charge in [-0.15, -0.1) is 0 Å². The molecule has 2 fully saturated rings. The summed E-state index contributed by atoms with van der Waals surface area (Å²) in [6.45, 7) is 6.19. The number of carbonyl (C=O) groups is 3. The molecule has 2 aliphatic rings. The average Bonchev–Trinajstić information content (AvgIpc) is 2.81. The van der Waals surface area contributed by atoms with Gasteiger partial charge in [0, 0.05) is 19.1 Å². The number of aliphatic carboxylic acids is 1. The lowest BCUT2D eigenvalue weighted by Crippen LogP contribution is -2.44. The molecule has 0 bridgehead atoms. The van der Waals surface area contributed by atoms with Crippen LogP contribution in [-0.4, -0.2) is 57.9 Å². The number of imide groups is 1. The van der Waals surface area contributed by atoms with Crippen LogP contribution in [0.3, 0.4) is 0 Å². The van der Waals surface area contributed by atoms with E-state index in [0.717, 1.165) is 0 Å². The van der Waals surface area contributed by atoms with E-state index in [9.17, 15) is 19.5 Å². The van der Waals surface area contributed by atoms with Crippen molar-refractivity contribution in [3.05, 3.63) is 0 Å². The Kier molecular flexibility index (Phi) is 3.38. The molecule has 2 amide bonds. The van der Waals surface area contributed by atoms with E-state index in [1.807, 2.05) is 18.7 Å². The topological polar surface area (TPSA) is 77.9 Å². The van der Waals surface area contributed by atoms with Crippen molar-refractivity contribution in [3.8, 4) is 0 Å². The fraction of sp³-hybridized carbons (Fsp3) is 0.769. The summed E-state index contributed by atoms with van der Waals surface area (Å²) in [5.74, 6) is -1.18. The maximum atomic E-state index is 12.2. The van der Waals surface area contributed by atoms with Crippen molar-refractivity contribution in [2.24, 2.45) is 5.41 Å². The summed E-state index contributed by atoms with van der Waals surface area (Å²) in [7, 11) is 0. The molecule has 19 heavy (non-hydrogen) atoms. The standard InChI is InChI=1S/C13H20N2O4/c1-8(2)15-10(16)6-9(11(15)17)14-5-4-13(3,7-14)12(18)19/h8-9H,4-7H2,1-3H3,(H,18,19). The first-order chi connectivity index (χ1) is 8.76. The Balaban J connectivity index is 2.12. The van der Waals surface area contributed by atoms with Crippen LogP contribution in [0.1, 0.15) is 33.6 Å². The van der Waals surface area contributed by atoms with Gasteiger partial charge in [0.05, 0.1) is 17.9 Å². The first-order valence-electron chi connectivity index (χ1n) is 6.59. The van der Waals surface area contributed by atoms with Crippen molar-refractivity contribution in [2.75, 3.05) is 13.1 Å². The Morgan fingerprint density at radius 2 is 2.05 bits per heavy atom. The third kappa shape index (κ3) is 2.25. The van der Waals surface area contributed by atoms with E-state index >= 15 is 0 Å². The SMILES string of the molecule is CC(C)N1C(=O)CC(N2CCC(C)(C(=O)O)C2)C1=O. The molecule has 2 heterocycles. The Labute approximate surface area is 112 Å². The molecule has 0 saturated carbocycles. The molecule has 1 N–H and O–H groups in total. The van der Waals surface area contributed by atoms with E-state index in [-0.39, 0.29) is 24.3 Å². The van der Waals surface area contributed by atoms with Gasteiger partial charge in [-0.2, -0.15) is 0 Å². The summed E-state index contributed by atoms with van der Waals surface area (Å²) in [5, 5.41) is 9.20. The van der Waals surface area contributed by atoms with Crippen LogP contribution in [0.2, 0.25) is 0 Å². The average molecular weight is 268 g/mol. The van der Waals surface area contributed by atoms with Crippen molar-refractivity contribution in [3.63, 3.8) is 0 Å². The Morgan fingerprint density at radius 3 is 2.47 bits per heavy atom. The Bertz CT molecular complexity index is 434. The van der Waals surface area contributed by atoms with Gasteiger partial charge in [-0.05, 0) is 27.2 Å². The minimum atomic E-state index is -0.840. The number of carboxylic acid groups (broad SMARTS) is 1. The van der Waals surface area contributed by atoms with Gasteiger partial charge < -0.3 is 5.11 Å². The zero-order valence-electron chi connectivity index (χ0n) is 11.5. The summed E-state index contributed by atoms with van der Waals surface area (Å²) in [4.78, 5) is 38.4. The molecule has 0 aromatic carbocycles. The van der Waals surface area contributed by atoms with E-state index in [4.69, 9.17) is 0 Å². The van der Waals surface area contributed by atoms with Crippen LogP contribution in [0.25, 0.3) is 0 Å². The summed E-state index contributed by atoms with van der Waals surface area (Å²) in [6, 6.07) is -0.616. The lowest BCUT2D eigenvalue weighted by molar-refractivity contribution is -0.148. The van der Waals surface area contributed by atoms with Crippen molar-refractivity contribution in [1.29, 1.82) is 0 Å². The summed E-state index contributed by atoms with van der Waals surface area (Å²) in [6.07, 6.45) is 0.689. The van der Waals surface area contributed by atoms with Crippen molar-refractivity contribution < 1.29 is 19.5 Å². The predicted molar refractivity (Wildman–Crippen MR) is 67.3 cm³/mol. The van der Waals surface area contributed by atoms with Gasteiger partial charge >= 0.3 is 5.97 Å². The lowest BCUT2D eigenvalue weighted by Gasteiger charge is -2.25. The fourth-order valence-corrected chi connectivity index (χ4v) is 2.90. The summed E-state index contributed by atoms with van der Waals surface area (Å²) in [5.41, 5.74) is -0.811. The van der Waals surface area contributed by atoms with Crippen LogP contribution in [-0.2, 0) is 14.4 Å². The smallest absolute Gasteiger partial charge is 0.310 e. The molecule has 106 valence electrons. The molecular formula is C13H20N2O4. The highest BCUT2D eigenvalue weighted by Gasteiger charge is 2.49. The van der Waals surface area contributed by atoms with Crippen LogP contribution in [0.4, 0.5) is 0 Å². The number of amides is 2. The van der Waals surface area contributed by atoms with Crippen LogP contribution in [0, 0.1) is 5.41 Å². The molecule has 6 nitrogen and oxygen atoms in total. The second-order valence-electron chi connectivity index (χ2n) is 6.00. The predicted octanol–water partition coefficient (Wildman–Crippen LogP) is 0.319. The molecular weight excluding hydrogens is 248 g/mol. The highest BCUT2D eigenvalue weighted by Crippen LogP contribution is 2.34. The zero-order chi connectivity index (χ0) is 14.4. The van der Waals surface area contributed by atoms with Gasteiger partial charge in [-0.1, -0.05) is 0 Å². The Hall–Kier alpha value is -1.43. The zero-order valence-corrected chi connectivity index (χ0v) is 11.5. The number of carbonyl (C=O) groups excluding carboxylic acids is 2. The minimum Gasteiger partial charge on any atom is -0.481 e.